The largest absolute Gasteiger partial charge is 0.479 e. The van der Waals surface area contributed by atoms with Crippen molar-refractivity contribution in [2.75, 3.05) is 38.3 Å². The van der Waals surface area contributed by atoms with Crippen LogP contribution in [0.25, 0.3) is 10.2 Å². The number of ether oxygens (including phenoxy) is 2. The molecule has 0 radical (unpaired) electrons. The molecule has 0 aliphatic carbocycles. The minimum atomic E-state index is 0.596. The van der Waals surface area contributed by atoms with Crippen molar-refractivity contribution >= 4 is 27.2 Å². The second-order valence-electron chi connectivity index (χ2n) is 3.78. The summed E-state index contributed by atoms with van der Waals surface area (Å²) < 4.78 is 11.7. The topological polar surface area (TPSA) is 47.5 Å². The molecule has 0 spiro atoms. The number of hydrogen-bond donors (Lipinski definition) is 0. The van der Waals surface area contributed by atoms with Crippen LogP contribution in [-0.4, -0.2) is 43.4 Å². The van der Waals surface area contributed by atoms with Crippen molar-refractivity contribution in [1.82, 2.24) is 9.97 Å². The van der Waals surface area contributed by atoms with Gasteiger partial charge in [0.05, 0.1) is 42.4 Å². The lowest BCUT2D eigenvalue weighted by Gasteiger charge is -2.28. The lowest BCUT2D eigenvalue weighted by atomic mass is 10.3. The number of anilines is 1. The molecular weight excluding hydrogens is 238 g/mol. The van der Waals surface area contributed by atoms with Gasteiger partial charge in [-0.2, -0.15) is 0 Å². The average molecular weight is 251 g/mol. The Morgan fingerprint density at radius 1 is 1.35 bits per heavy atom. The van der Waals surface area contributed by atoms with Crippen LogP contribution in [0.2, 0.25) is 0 Å². The number of rotatable bonds is 2. The zero-order chi connectivity index (χ0) is 11.7. The van der Waals surface area contributed by atoms with E-state index in [4.69, 9.17) is 9.47 Å². The van der Waals surface area contributed by atoms with E-state index in [0.29, 0.717) is 5.88 Å². The van der Waals surface area contributed by atoms with Gasteiger partial charge >= 0.3 is 0 Å². The molecule has 0 N–H and O–H groups in total. The molecule has 90 valence electrons. The van der Waals surface area contributed by atoms with Crippen molar-refractivity contribution < 1.29 is 9.47 Å². The van der Waals surface area contributed by atoms with E-state index in [1.165, 1.54) is 0 Å². The summed E-state index contributed by atoms with van der Waals surface area (Å²) in [5, 5.41) is 0. The predicted octanol–water partition coefficient (Wildman–Crippen LogP) is 1.54. The van der Waals surface area contributed by atoms with Gasteiger partial charge in [-0.1, -0.05) is 0 Å². The van der Waals surface area contributed by atoms with E-state index >= 15 is 0 Å². The molecule has 3 rings (SSSR count). The van der Waals surface area contributed by atoms with Crippen LogP contribution in [0.3, 0.4) is 0 Å². The predicted molar refractivity (Wildman–Crippen MR) is 67.0 cm³/mol. The average Bonchev–Trinajstić information content (AvgIpc) is 2.88. The Balaban J connectivity index is 2.07. The van der Waals surface area contributed by atoms with Crippen molar-refractivity contribution in [3.05, 3.63) is 11.7 Å². The number of aromatic nitrogens is 2. The van der Waals surface area contributed by atoms with E-state index in [2.05, 4.69) is 14.9 Å². The fourth-order valence-corrected chi connectivity index (χ4v) is 2.82. The summed E-state index contributed by atoms with van der Waals surface area (Å²) in [6, 6.07) is 0. The monoisotopic (exact) mass is 251 g/mol. The molecule has 17 heavy (non-hydrogen) atoms. The molecule has 1 fully saturated rings. The highest BCUT2D eigenvalue weighted by atomic mass is 32.1. The first-order valence-electron chi connectivity index (χ1n) is 5.49. The van der Waals surface area contributed by atoms with Gasteiger partial charge in [0.15, 0.2) is 0 Å². The normalized spacial score (nSPS) is 16.4. The molecule has 0 bridgehead atoms. The quantitative estimate of drug-likeness (QED) is 0.810. The van der Waals surface area contributed by atoms with Crippen molar-refractivity contribution in [3.63, 3.8) is 0 Å². The molecule has 0 atom stereocenters. The Kier molecular flexibility index (Phi) is 2.82. The second kappa shape index (κ2) is 4.46. The van der Waals surface area contributed by atoms with Gasteiger partial charge in [-0.25, -0.2) is 9.97 Å². The highest BCUT2D eigenvalue weighted by Crippen LogP contribution is 2.33. The van der Waals surface area contributed by atoms with Crippen LogP contribution in [0, 0.1) is 0 Å². The SMILES string of the molecule is COc1ncc(N2CCOCC2)c2scnc12. The van der Waals surface area contributed by atoms with Crippen LogP contribution in [0.15, 0.2) is 11.7 Å². The molecule has 1 saturated heterocycles. The maximum atomic E-state index is 5.36. The molecule has 6 heteroatoms. The Hall–Kier alpha value is -1.40. The van der Waals surface area contributed by atoms with E-state index in [1.807, 2.05) is 11.7 Å². The Bertz CT molecular complexity index is 522. The maximum Gasteiger partial charge on any atom is 0.241 e. The number of methoxy groups -OCH3 is 1. The third-order valence-corrected chi connectivity index (χ3v) is 3.70. The van der Waals surface area contributed by atoms with Crippen molar-refractivity contribution in [2.45, 2.75) is 0 Å². The molecular formula is C11H13N3O2S. The standard InChI is InChI=1S/C11H13N3O2S/c1-15-11-9-10(17-7-13-9)8(6-12-11)14-2-4-16-5-3-14/h6-7H,2-5H2,1H3. The van der Waals surface area contributed by atoms with Gasteiger partial charge in [-0.15, -0.1) is 11.3 Å². The van der Waals surface area contributed by atoms with Crippen molar-refractivity contribution in [1.29, 1.82) is 0 Å². The summed E-state index contributed by atoms with van der Waals surface area (Å²) in [6.45, 7) is 3.35. The first-order valence-corrected chi connectivity index (χ1v) is 6.37. The number of fused-ring (bicyclic) bond motifs is 1. The number of nitrogens with zero attached hydrogens (tertiary/aromatic N) is 3. The van der Waals surface area contributed by atoms with Gasteiger partial charge in [0.25, 0.3) is 0 Å². The number of thiazole rings is 1. The summed E-state index contributed by atoms with van der Waals surface area (Å²) in [7, 11) is 1.62. The minimum absolute atomic E-state index is 0.596. The van der Waals surface area contributed by atoms with Gasteiger partial charge in [0.1, 0.15) is 5.52 Å². The zero-order valence-corrected chi connectivity index (χ0v) is 10.4. The molecule has 2 aromatic heterocycles. The molecule has 1 aliphatic heterocycles. The van der Waals surface area contributed by atoms with Gasteiger partial charge in [-0.05, 0) is 0 Å². The Morgan fingerprint density at radius 3 is 2.94 bits per heavy atom. The van der Waals surface area contributed by atoms with Gasteiger partial charge in [-0.3, -0.25) is 0 Å². The fraction of sp³-hybridized carbons (Fsp3) is 0.455. The summed E-state index contributed by atoms with van der Waals surface area (Å²) in [4.78, 5) is 10.9. The van der Waals surface area contributed by atoms with Crippen LogP contribution in [0.4, 0.5) is 5.69 Å². The molecule has 1 aliphatic rings. The molecule has 2 aromatic rings. The lowest BCUT2D eigenvalue weighted by molar-refractivity contribution is 0.123. The van der Waals surface area contributed by atoms with Gasteiger partial charge in [0, 0.05) is 13.1 Å². The van der Waals surface area contributed by atoms with Gasteiger partial charge in [0.2, 0.25) is 5.88 Å². The van der Waals surface area contributed by atoms with E-state index in [-0.39, 0.29) is 0 Å². The smallest absolute Gasteiger partial charge is 0.241 e. The van der Waals surface area contributed by atoms with Crippen molar-refractivity contribution in [3.8, 4) is 5.88 Å². The van der Waals surface area contributed by atoms with Crippen LogP contribution >= 0.6 is 11.3 Å². The molecule has 0 aromatic carbocycles. The summed E-state index contributed by atoms with van der Waals surface area (Å²) in [5.74, 6) is 0.596. The highest BCUT2D eigenvalue weighted by molar-refractivity contribution is 7.17. The molecule has 5 nitrogen and oxygen atoms in total. The first kappa shape index (κ1) is 10.7. The molecule has 0 amide bonds. The number of hydrogen-bond acceptors (Lipinski definition) is 6. The number of morpholine rings is 1. The Morgan fingerprint density at radius 2 is 2.18 bits per heavy atom. The van der Waals surface area contributed by atoms with E-state index < -0.39 is 0 Å². The zero-order valence-electron chi connectivity index (χ0n) is 9.55. The third-order valence-electron chi connectivity index (χ3n) is 2.85. The molecule has 3 heterocycles. The van der Waals surface area contributed by atoms with E-state index in [1.54, 1.807) is 18.4 Å². The van der Waals surface area contributed by atoms with Crippen LogP contribution in [0.1, 0.15) is 0 Å². The van der Waals surface area contributed by atoms with E-state index in [0.717, 1.165) is 42.2 Å². The highest BCUT2D eigenvalue weighted by Gasteiger charge is 2.17. The summed E-state index contributed by atoms with van der Waals surface area (Å²) in [6.07, 6.45) is 1.87. The summed E-state index contributed by atoms with van der Waals surface area (Å²) in [5.41, 5.74) is 3.81. The van der Waals surface area contributed by atoms with Gasteiger partial charge < -0.3 is 14.4 Å². The van der Waals surface area contributed by atoms with Crippen molar-refractivity contribution in [2.24, 2.45) is 0 Å². The van der Waals surface area contributed by atoms with Crippen LogP contribution in [0.5, 0.6) is 5.88 Å². The Labute approximate surface area is 103 Å². The van der Waals surface area contributed by atoms with Crippen LogP contribution < -0.4 is 9.64 Å². The third kappa shape index (κ3) is 1.83. The number of pyridine rings is 1. The lowest BCUT2D eigenvalue weighted by Crippen LogP contribution is -2.36. The maximum absolute atomic E-state index is 5.36. The molecule has 0 saturated carbocycles. The van der Waals surface area contributed by atoms with Crippen LogP contribution in [-0.2, 0) is 4.74 Å². The summed E-state index contributed by atoms with van der Waals surface area (Å²) >= 11 is 1.62. The second-order valence-corrected chi connectivity index (χ2v) is 4.64. The molecule has 0 unspecified atom stereocenters. The minimum Gasteiger partial charge on any atom is -0.479 e. The fourth-order valence-electron chi connectivity index (χ4n) is 2.00. The van der Waals surface area contributed by atoms with E-state index in [9.17, 15) is 0 Å². The first-order chi connectivity index (χ1) is 8.40.